The van der Waals surface area contributed by atoms with E-state index in [0.717, 1.165) is 0 Å². The van der Waals surface area contributed by atoms with Gasteiger partial charge in [-0.25, -0.2) is 4.98 Å². The number of anilines is 1. The number of nitrogens with one attached hydrogen (secondary N) is 2. The molecule has 0 aromatic carbocycles. The van der Waals surface area contributed by atoms with Gasteiger partial charge in [0.05, 0.1) is 0 Å². The molecule has 0 bridgehead atoms. The molecule has 1 aromatic heterocycles. The van der Waals surface area contributed by atoms with Crippen LogP contribution < -0.4 is 10.6 Å². The first kappa shape index (κ1) is 17.3. The molecule has 118 valence electrons. The van der Waals surface area contributed by atoms with Crippen LogP contribution >= 0.6 is 0 Å². The Labute approximate surface area is 122 Å². The van der Waals surface area contributed by atoms with Crippen LogP contribution in [0.2, 0.25) is 0 Å². The third-order valence-electron chi connectivity index (χ3n) is 2.75. The molecule has 0 aliphatic rings. The van der Waals surface area contributed by atoms with E-state index in [1.165, 1.54) is 0 Å². The van der Waals surface area contributed by atoms with Gasteiger partial charge >= 0.3 is 6.18 Å². The van der Waals surface area contributed by atoms with Crippen molar-refractivity contribution in [2.24, 2.45) is 0 Å². The van der Waals surface area contributed by atoms with E-state index in [9.17, 15) is 18.0 Å². The minimum atomic E-state index is -4.13. The van der Waals surface area contributed by atoms with Gasteiger partial charge in [0, 0.05) is 30.8 Å². The van der Waals surface area contributed by atoms with Crippen molar-refractivity contribution in [2.75, 3.05) is 18.4 Å². The number of pyridine rings is 1. The minimum Gasteiger partial charge on any atom is -0.370 e. The highest BCUT2D eigenvalue weighted by atomic mass is 19.4. The number of carbonyl (C=O) groups is 1. The molecule has 0 spiro atoms. The Morgan fingerprint density at radius 2 is 2.00 bits per heavy atom. The highest BCUT2D eigenvalue weighted by Crippen LogP contribution is 2.21. The van der Waals surface area contributed by atoms with Crippen molar-refractivity contribution in [1.82, 2.24) is 10.3 Å². The smallest absolute Gasteiger partial charge is 0.370 e. The second kappa shape index (κ2) is 7.85. The molecule has 0 fully saturated rings. The van der Waals surface area contributed by atoms with Gasteiger partial charge in [-0.1, -0.05) is 0 Å². The molecule has 0 aliphatic heterocycles. The molecule has 0 saturated carbocycles. The molecule has 0 saturated heterocycles. The maximum absolute atomic E-state index is 12.0. The highest BCUT2D eigenvalue weighted by Gasteiger charge is 2.25. The summed E-state index contributed by atoms with van der Waals surface area (Å²) in [6.07, 6.45) is -4.63. The molecule has 21 heavy (non-hydrogen) atoms. The van der Waals surface area contributed by atoms with E-state index < -0.39 is 12.6 Å². The summed E-state index contributed by atoms with van der Waals surface area (Å²) in [5.41, 5.74) is 1.16. The van der Waals surface area contributed by atoms with Gasteiger partial charge in [-0.3, -0.25) is 4.79 Å². The normalized spacial score (nSPS) is 11.3. The molecule has 0 unspecified atom stereocenters. The summed E-state index contributed by atoms with van der Waals surface area (Å²) in [7, 11) is 0. The van der Waals surface area contributed by atoms with E-state index in [2.05, 4.69) is 15.6 Å². The lowest BCUT2D eigenvalue weighted by atomic mass is 10.2. The number of amides is 1. The number of alkyl halides is 3. The fourth-order valence-corrected chi connectivity index (χ4v) is 1.83. The molecular formula is C14H20F3N3O. The standard InChI is InChI=1S/C14H20F3N3O/c1-3-18-12-9-11(8-10(2)20-12)13(21)19-7-5-4-6-14(15,16)17/h8-9H,3-7H2,1-2H3,(H,18,20)(H,19,21). The largest absolute Gasteiger partial charge is 0.389 e. The SMILES string of the molecule is CCNc1cc(C(=O)NCCCCC(F)(F)F)cc(C)n1. The summed E-state index contributed by atoms with van der Waals surface area (Å²) in [5, 5.41) is 5.64. The predicted octanol–water partition coefficient (Wildman–Crippen LogP) is 3.28. The maximum Gasteiger partial charge on any atom is 0.389 e. The van der Waals surface area contributed by atoms with Gasteiger partial charge in [0.2, 0.25) is 0 Å². The first-order valence-electron chi connectivity index (χ1n) is 6.89. The van der Waals surface area contributed by atoms with Crippen molar-refractivity contribution in [3.8, 4) is 0 Å². The van der Waals surface area contributed by atoms with Crippen LogP contribution in [0.4, 0.5) is 19.0 Å². The zero-order chi connectivity index (χ0) is 15.9. The second-order valence-electron chi connectivity index (χ2n) is 4.74. The molecule has 0 atom stereocenters. The molecular weight excluding hydrogens is 283 g/mol. The number of hydrogen-bond donors (Lipinski definition) is 2. The Morgan fingerprint density at radius 3 is 2.62 bits per heavy atom. The summed E-state index contributed by atoms with van der Waals surface area (Å²) in [6.45, 7) is 4.62. The van der Waals surface area contributed by atoms with E-state index in [1.807, 2.05) is 6.92 Å². The topological polar surface area (TPSA) is 54.0 Å². The van der Waals surface area contributed by atoms with Crippen LogP contribution in [0.5, 0.6) is 0 Å². The number of rotatable bonds is 7. The molecule has 7 heteroatoms. The van der Waals surface area contributed by atoms with Gasteiger partial charge in [0.15, 0.2) is 0 Å². The Kier molecular flexibility index (Phi) is 6.45. The van der Waals surface area contributed by atoms with Crippen molar-refractivity contribution in [1.29, 1.82) is 0 Å². The third-order valence-corrected chi connectivity index (χ3v) is 2.75. The minimum absolute atomic E-state index is 0.0157. The summed E-state index contributed by atoms with van der Waals surface area (Å²) in [6, 6.07) is 3.27. The fourth-order valence-electron chi connectivity index (χ4n) is 1.83. The van der Waals surface area contributed by atoms with E-state index in [-0.39, 0.29) is 18.9 Å². The van der Waals surface area contributed by atoms with Crippen LogP contribution in [0.15, 0.2) is 12.1 Å². The Bertz CT molecular complexity index is 475. The molecule has 1 amide bonds. The first-order chi connectivity index (χ1) is 9.81. The van der Waals surface area contributed by atoms with Gasteiger partial charge < -0.3 is 10.6 Å². The Hall–Kier alpha value is -1.79. The maximum atomic E-state index is 12.0. The molecule has 4 nitrogen and oxygen atoms in total. The number of hydrogen-bond acceptors (Lipinski definition) is 3. The number of carbonyl (C=O) groups excluding carboxylic acids is 1. The molecule has 2 N–H and O–H groups in total. The van der Waals surface area contributed by atoms with Crippen molar-refractivity contribution in [3.63, 3.8) is 0 Å². The lowest BCUT2D eigenvalue weighted by Crippen LogP contribution is -2.25. The van der Waals surface area contributed by atoms with Crippen molar-refractivity contribution in [2.45, 2.75) is 39.3 Å². The summed E-state index contributed by atoms with van der Waals surface area (Å²) < 4.78 is 35.9. The fraction of sp³-hybridized carbons (Fsp3) is 0.571. The van der Waals surface area contributed by atoms with E-state index in [1.54, 1.807) is 19.1 Å². The van der Waals surface area contributed by atoms with Crippen LogP contribution in [-0.2, 0) is 0 Å². The Morgan fingerprint density at radius 1 is 1.29 bits per heavy atom. The number of aromatic nitrogens is 1. The third kappa shape index (κ3) is 6.97. The van der Waals surface area contributed by atoms with Crippen LogP contribution in [0.25, 0.3) is 0 Å². The summed E-state index contributed by atoms with van der Waals surface area (Å²) in [5.74, 6) is 0.311. The predicted molar refractivity (Wildman–Crippen MR) is 75.4 cm³/mol. The highest BCUT2D eigenvalue weighted by molar-refractivity contribution is 5.94. The number of aryl methyl sites for hydroxylation is 1. The molecule has 1 heterocycles. The van der Waals surface area contributed by atoms with Crippen LogP contribution in [0, 0.1) is 6.92 Å². The zero-order valence-electron chi connectivity index (χ0n) is 12.2. The quantitative estimate of drug-likeness (QED) is 0.760. The summed E-state index contributed by atoms with van der Waals surface area (Å²) >= 11 is 0. The second-order valence-corrected chi connectivity index (χ2v) is 4.74. The van der Waals surface area contributed by atoms with E-state index in [0.29, 0.717) is 30.0 Å². The monoisotopic (exact) mass is 303 g/mol. The number of nitrogens with zero attached hydrogens (tertiary/aromatic N) is 1. The van der Waals surface area contributed by atoms with Crippen molar-refractivity contribution >= 4 is 11.7 Å². The lowest BCUT2D eigenvalue weighted by molar-refractivity contribution is -0.135. The van der Waals surface area contributed by atoms with Gasteiger partial charge in [0.25, 0.3) is 5.91 Å². The molecule has 0 radical (unpaired) electrons. The van der Waals surface area contributed by atoms with Crippen LogP contribution in [0.3, 0.4) is 0 Å². The van der Waals surface area contributed by atoms with Crippen molar-refractivity contribution in [3.05, 3.63) is 23.4 Å². The van der Waals surface area contributed by atoms with Crippen LogP contribution in [0.1, 0.15) is 42.2 Å². The summed E-state index contributed by atoms with van der Waals surface area (Å²) in [4.78, 5) is 16.2. The average Bonchev–Trinajstić information content (AvgIpc) is 2.36. The van der Waals surface area contributed by atoms with Gasteiger partial charge in [-0.15, -0.1) is 0 Å². The number of unbranched alkanes of at least 4 members (excludes halogenated alkanes) is 1. The van der Waals surface area contributed by atoms with Gasteiger partial charge in [0.1, 0.15) is 5.82 Å². The Balaban J connectivity index is 2.45. The lowest BCUT2D eigenvalue weighted by Gasteiger charge is -2.09. The van der Waals surface area contributed by atoms with E-state index >= 15 is 0 Å². The molecule has 0 aliphatic carbocycles. The molecule has 1 aromatic rings. The number of halogens is 3. The van der Waals surface area contributed by atoms with Gasteiger partial charge in [-0.05, 0) is 38.8 Å². The first-order valence-corrected chi connectivity index (χ1v) is 6.89. The van der Waals surface area contributed by atoms with E-state index in [4.69, 9.17) is 0 Å². The zero-order valence-corrected chi connectivity index (χ0v) is 12.2. The molecule has 1 rings (SSSR count). The van der Waals surface area contributed by atoms with Crippen molar-refractivity contribution < 1.29 is 18.0 Å². The van der Waals surface area contributed by atoms with Gasteiger partial charge in [-0.2, -0.15) is 13.2 Å². The van der Waals surface area contributed by atoms with Crippen LogP contribution in [-0.4, -0.2) is 30.2 Å². The average molecular weight is 303 g/mol.